The Bertz CT molecular complexity index is 1250. The van der Waals surface area contributed by atoms with Crippen LogP contribution in [0.3, 0.4) is 0 Å². The zero-order valence-electron chi connectivity index (χ0n) is 24.0. The molecule has 2 aromatic heterocycles. The van der Waals surface area contributed by atoms with Gasteiger partial charge < -0.3 is 25.0 Å². The van der Waals surface area contributed by atoms with E-state index in [4.69, 9.17) is 9.84 Å². The Hall–Kier alpha value is -3.83. The lowest BCUT2D eigenvalue weighted by Gasteiger charge is -2.27. The van der Waals surface area contributed by atoms with Crippen LogP contribution in [0, 0.1) is 12.7 Å². The largest absolute Gasteiger partial charge is 0.396 e. The molecule has 4 rings (SSSR count). The fourth-order valence-electron chi connectivity index (χ4n) is 4.71. The van der Waals surface area contributed by atoms with Crippen LogP contribution in [0.15, 0.2) is 47.8 Å². The van der Waals surface area contributed by atoms with E-state index in [-0.39, 0.29) is 18.4 Å². The number of nitrogens with zero attached hydrogens (tertiary/aromatic N) is 6. The van der Waals surface area contributed by atoms with Gasteiger partial charge in [0.1, 0.15) is 0 Å². The molecule has 41 heavy (non-hydrogen) atoms. The van der Waals surface area contributed by atoms with Crippen LogP contribution in [-0.2, 0) is 4.74 Å². The first-order chi connectivity index (χ1) is 20.1. The van der Waals surface area contributed by atoms with Crippen LogP contribution in [-0.4, -0.2) is 72.3 Å². The number of aliphatic hydroxyl groups is 1. The number of hydrogen-bond acceptors (Lipinski definition) is 10. The molecule has 0 radical (unpaired) electrons. The summed E-state index contributed by atoms with van der Waals surface area (Å²) < 4.78 is 19.6. The van der Waals surface area contributed by atoms with Gasteiger partial charge in [0, 0.05) is 44.2 Å². The van der Waals surface area contributed by atoms with Gasteiger partial charge >= 0.3 is 0 Å². The summed E-state index contributed by atoms with van der Waals surface area (Å²) in [6.45, 7) is 8.82. The normalized spacial score (nSPS) is 13.5. The van der Waals surface area contributed by atoms with Crippen molar-refractivity contribution in [3.8, 4) is 0 Å². The smallest absolute Gasteiger partial charge is 0.245 e. The van der Waals surface area contributed by atoms with E-state index >= 15 is 0 Å². The Morgan fingerprint density at radius 1 is 1.05 bits per heavy atom. The lowest BCUT2D eigenvalue weighted by molar-refractivity contribution is 0.122. The molecule has 1 aliphatic rings. The van der Waals surface area contributed by atoms with Gasteiger partial charge in [-0.15, -0.1) is 0 Å². The van der Waals surface area contributed by atoms with Crippen molar-refractivity contribution in [1.29, 1.82) is 0 Å². The van der Waals surface area contributed by atoms with Crippen molar-refractivity contribution in [3.63, 3.8) is 0 Å². The molecular weight excluding hydrogens is 523 g/mol. The fourth-order valence-corrected chi connectivity index (χ4v) is 4.71. The molecule has 1 saturated heterocycles. The van der Waals surface area contributed by atoms with Crippen molar-refractivity contribution < 1.29 is 14.2 Å². The summed E-state index contributed by atoms with van der Waals surface area (Å²) in [5.74, 6) is -0.0242. The molecule has 1 aromatic carbocycles. The number of ether oxygens (including phenoxy) is 1. The van der Waals surface area contributed by atoms with Crippen molar-refractivity contribution in [3.05, 3.63) is 59.8 Å². The second-order valence-electron chi connectivity index (χ2n) is 10.1. The number of aliphatic hydroxyl groups excluding tert-OH is 1. The van der Waals surface area contributed by atoms with Gasteiger partial charge in [0.15, 0.2) is 11.6 Å². The first kappa shape index (κ1) is 30.1. The molecule has 1 aliphatic heterocycles. The zero-order valence-corrected chi connectivity index (χ0v) is 24.0. The van der Waals surface area contributed by atoms with E-state index in [0.717, 1.165) is 62.8 Å². The van der Waals surface area contributed by atoms with Crippen LogP contribution >= 0.6 is 0 Å². The number of halogens is 1. The van der Waals surface area contributed by atoms with E-state index < -0.39 is 5.82 Å². The minimum Gasteiger partial charge on any atom is -0.396 e. The van der Waals surface area contributed by atoms with E-state index in [0.29, 0.717) is 32.0 Å². The Kier molecular flexibility index (Phi) is 11.6. The molecule has 11 heteroatoms. The molecule has 0 saturated carbocycles. The lowest BCUT2D eigenvalue weighted by atomic mass is 10.1. The first-order valence-corrected chi connectivity index (χ1v) is 14.4. The van der Waals surface area contributed by atoms with Crippen LogP contribution < -0.4 is 20.5 Å². The Morgan fingerprint density at radius 3 is 2.63 bits per heavy atom. The maximum absolute atomic E-state index is 14.2. The number of anilines is 5. The molecular formula is C30H41FN8O2. The minimum absolute atomic E-state index is 0.208. The number of aromatic nitrogens is 3. The number of morpholine rings is 1. The number of unbranched alkanes of at least 4 members (excludes halogenated alkanes) is 3. The molecule has 3 N–H and O–H groups in total. The molecule has 0 amide bonds. The van der Waals surface area contributed by atoms with Crippen molar-refractivity contribution in [1.82, 2.24) is 15.0 Å². The van der Waals surface area contributed by atoms with Gasteiger partial charge in [-0.1, -0.05) is 19.8 Å². The average Bonchev–Trinajstić information content (AvgIpc) is 2.98. The highest BCUT2D eigenvalue weighted by atomic mass is 19.1. The van der Waals surface area contributed by atoms with Gasteiger partial charge in [-0.2, -0.15) is 10.1 Å². The number of benzene rings is 1. The molecule has 0 unspecified atom stereocenters. The summed E-state index contributed by atoms with van der Waals surface area (Å²) in [7, 11) is 0. The summed E-state index contributed by atoms with van der Waals surface area (Å²) in [6, 6.07) is 10.4. The minimum atomic E-state index is -0.473. The second-order valence-corrected chi connectivity index (χ2v) is 10.1. The third kappa shape index (κ3) is 9.36. The Balaban J connectivity index is 1.35. The number of pyridine rings is 1. The van der Waals surface area contributed by atoms with E-state index in [9.17, 15) is 4.39 Å². The average molecular weight is 565 g/mol. The maximum atomic E-state index is 14.2. The van der Waals surface area contributed by atoms with Crippen molar-refractivity contribution in [2.45, 2.75) is 46.0 Å². The van der Waals surface area contributed by atoms with Crippen molar-refractivity contribution >= 4 is 35.0 Å². The van der Waals surface area contributed by atoms with Crippen LogP contribution in [0.4, 0.5) is 33.2 Å². The summed E-state index contributed by atoms with van der Waals surface area (Å²) in [5, 5.41) is 16.7. The topological polar surface area (TPSA) is 111 Å². The number of hydrazone groups is 1. The third-order valence-corrected chi connectivity index (χ3v) is 6.73. The third-order valence-electron chi connectivity index (χ3n) is 6.73. The van der Waals surface area contributed by atoms with Gasteiger partial charge in [0.25, 0.3) is 0 Å². The molecule has 10 nitrogen and oxygen atoms in total. The molecule has 3 aromatic rings. The summed E-state index contributed by atoms with van der Waals surface area (Å²) in [6.07, 6.45) is 9.74. The highest BCUT2D eigenvalue weighted by molar-refractivity contribution is 5.78. The molecule has 0 aliphatic carbocycles. The number of aryl methyl sites for hydroxylation is 1. The van der Waals surface area contributed by atoms with Crippen molar-refractivity contribution in [2.75, 3.05) is 66.5 Å². The first-order valence-electron chi connectivity index (χ1n) is 14.4. The molecule has 3 heterocycles. The predicted octanol–water partition coefficient (Wildman–Crippen LogP) is 5.11. The van der Waals surface area contributed by atoms with Crippen LogP contribution in [0.25, 0.3) is 0 Å². The molecule has 1 fully saturated rings. The van der Waals surface area contributed by atoms with Gasteiger partial charge in [-0.05, 0) is 62.1 Å². The molecule has 0 atom stereocenters. The highest BCUT2D eigenvalue weighted by Crippen LogP contribution is 2.26. The SMILES string of the molecule is CCCN(CCCCCCO)c1cc(C)cc(Nc2ccc(/C=N/Nc3ncc(F)c(N4CCOCC4)n3)nc2)c1. The summed E-state index contributed by atoms with van der Waals surface area (Å²) in [4.78, 5) is 17.0. The van der Waals surface area contributed by atoms with Crippen LogP contribution in [0.1, 0.15) is 50.3 Å². The van der Waals surface area contributed by atoms with Gasteiger partial charge in [-0.25, -0.2) is 14.8 Å². The Labute approximate surface area is 241 Å². The summed E-state index contributed by atoms with van der Waals surface area (Å²) >= 11 is 0. The van der Waals surface area contributed by atoms with E-state index in [2.05, 4.69) is 67.7 Å². The molecule has 0 bridgehead atoms. The fraction of sp³-hybridized carbons (Fsp3) is 0.467. The lowest BCUT2D eigenvalue weighted by Crippen LogP contribution is -2.37. The number of nitrogens with one attached hydrogen (secondary N) is 2. The quantitative estimate of drug-likeness (QED) is 0.132. The monoisotopic (exact) mass is 564 g/mol. The maximum Gasteiger partial charge on any atom is 0.245 e. The van der Waals surface area contributed by atoms with E-state index in [1.54, 1.807) is 12.4 Å². The van der Waals surface area contributed by atoms with Gasteiger partial charge in [0.05, 0.1) is 43.2 Å². The zero-order chi connectivity index (χ0) is 28.9. The predicted molar refractivity (Wildman–Crippen MR) is 163 cm³/mol. The van der Waals surface area contributed by atoms with Gasteiger partial charge in [-0.3, -0.25) is 4.98 Å². The summed E-state index contributed by atoms with van der Waals surface area (Å²) in [5.41, 5.74) is 7.69. The van der Waals surface area contributed by atoms with Crippen LogP contribution in [0.5, 0.6) is 0 Å². The molecule has 0 spiro atoms. The number of rotatable bonds is 15. The van der Waals surface area contributed by atoms with Crippen molar-refractivity contribution in [2.24, 2.45) is 5.10 Å². The van der Waals surface area contributed by atoms with E-state index in [1.807, 2.05) is 17.0 Å². The number of hydrogen-bond donors (Lipinski definition) is 3. The second kappa shape index (κ2) is 15.8. The Morgan fingerprint density at radius 2 is 1.88 bits per heavy atom. The standard InChI is InChI=1S/C30H41FN8O2/c1-3-10-38(11-6-4-5-7-14-40)27-18-23(2)17-26(19-27)35-25-9-8-24(32-20-25)21-34-37-30-33-22-28(31)29(36-30)39-12-15-41-16-13-39/h8-9,17-22,35,40H,3-7,10-16H2,1-2H3,(H,33,36,37)/b34-21+. The van der Waals surface area contributed by atoms with Crippen LogP contribution in [0.2, 0.25) is 0 Å². The highest BCUT2D eigenvalue weighted by Gasteiger charge is 2.17. The van der Waals surface area contributed by atoms with E-state index in [1.165, 1.54) is 11.3 Å². The van der Waals surface area contributed by atoms with Gasteiger partial charge in [0.2, 0.25) is 5.95 Å². The molecule has 220 valence electrons.